The van der Waals surface area contributed by atoms with Crippen LogP contribution in [0.4, 0.5) is 0 Å². The number of amides is 2. The number of carbonyl (C=O) groups is 2. The van der Waals surface area contributed by atoms with Crippen molar-refractivity contribution in [1.29, 1.82) is 0 Å². The Morgan fingerprint density at radius 1 is 0.583 bits per heavy atom. The van der Waals surface area contributed by atoms with Gasteiger partial charge in [0.15, 0.2) is 0 Å². The second-order valence-corrected chi connectivity index (χ2v) is 9.46. The van der Waals surface area contributed by atoms with E-state index in [0.717, 1.165) is 18.3 Å². The molecule has 0 aliphatic rings. The average molecular weight is 702 g/mol. The molecule has 0 saturated heterocycles. The first-order valence-corrected chi connectivity index (χ1v) is 12.6. The van der Waals surface area contributed by atoms with Crippen LogP contribution >= 0.6 is 45.2 Å². The lowest BCUT2D eigenvalue weighted by Gasteiger charge is -1.98. The van der Waals surface area contributed by atoms with Crippen LogP contribution in [0.15, 0.2) is 108 Å². The Balaban J connectivity index is 0.000000201. The van der Waals surface area contributed by atoms with E-state index in [2.05, 4.69) is 76.2 Å². The number of aromatic nitrogens is 2. The normalized spacial score (nSPS) is 10.5. The van der Waals surface area contributed by atoms with Crippen LogP contribution in [0.3, 0.4) is 0 Å². The molecule has 2 amide bonds. The van der Waals surface area contributed by atoms with Gasteiger partial charge in [-0.2, -0.15) is 10.2 Å². The summed E-state index contributed by atoms with van der Waals surface area (Å²) >= 11 is 4.46. The number of pyridine rings is 2. The molecule has 2 heterocycles. The van der Waals surface area contributed by atoms with Crippen LogP contribution in [-0.4, -0.2) is 34.2 Å². The standard InChI is InChI=1S/2C13H10IN3O/c2*14-12-3-1-10(2-4-12)9-16-17-13(18)11-5-7-15-8-6-11/h2*1-9H,(H,17,18)/b2*16-9+. The van der Waals surface area contributed by atoms with Crippen LogP contribution in [0.25, 0.3) is 0 Å². The number of nitrogens with zero attached hydrogens (tertiary/aromatic N) is 4. The highest BCUT2D eigenvalue weighted by Crippen LogP contribution is 2.05. The van der Waals surface area contributed by atoms with Crippen molar-refractivity contribution in [2.45, 2.75) is 0 Å². The maximum absolute atomic E-state index is 11.6. The van der Waals surface area contributed by atoms with Gasteiger partial charge >= 0.3 is 0 Å². The molecular weight excluding hydrogens is 682 g/mol. The molecule has 2 N–H and O–H groups in total. The lowest BCUT2D eigenvalue weighted by Crippen LogP contribution is -2.17. The summed E-state index contributed by atoms with van der Waals surface area (Å²) in [6.45, 7) is 0. The number of nitrogens with one attached hydrogen (secondary N) is 2. The maximum Gasteiger partial charge on any atom is 0.271 e. The molecule has 0 unspecified atom stereocenters. The summed E-state index contributed by atoms with van der Waals surface area (Å²) in [4.78, 5) is 31.0. The maximum atomic E-state index is 11.6. The molecule has 0 atom stereocenters. The Kier molecular flexibility index (Phi) is 11.1. The van der Waals surface area contributed by atoms with Crippen LogP contribution in [0, 0.1) is 7.14 Å². The number of hydrazone groups is 2. The van der Waals surface area contributed by atoms with Crippen molar-refractivity contribution < 1.29 is 9.59 Å². The molecule has 0 saturated carbocycles. The minimum atomic E-state index is -0.251. The van der Waals surface area contributed by atoms with E-state index >= 15 is 0 Å². The fourth-order valence-electron chi connectivity index (χ4n) is 2.56. The summed E-state index contributed by atoms with van der Waals surface area (Å²) in [5.41, 5.74) is 7.86. The largest absolute Gasteiger partial charge is 0.271 e. The van der Waals surface area contributed by atoms with Crippen LogP contribution in [0.2, 0.25) is 0 Å². The van der Waals surface area contributed by atoms with Crippen molar-refractivity contribution in [2.75, 3.05) is 0 Å². The molecule has 36 heavy (non-hydrogen) atoms. The summed E-state index contributed by atoms with van der Waals surface area (Å²) in [7, 11) is 0. The fourth-order valence-corrected chi connectivity index (χ4v) is 3.28. The predicted molar refractivity (Wildman–Crippen MR) is 157 cm³/mol. The first kappa shape index (κ1) is 27.1. The van der Waals surface area contributed by atoms with Crippen LogP contribution in [0.5, 0.6) is 0 Å². The SMILES string of the molecule is O=C(N/N=C/c1ccc(I)cc1)c1ccncc1.O=C(N/N=C/c1ccc(I)cc1)c1ccncc1. The number of benzene rings is 2. The molecule has 4 rings (SSSR count). The second kappa shape index (κ2) is 14.8. The monoisotopic (exact) mass is 702 g/mol. The van der Waals surface area contributed by atoms with E-state index in [-0.39, 0.29) is 11.8 Å². The van der Waals surface area contributed by atoms with Crippen LogP contribution in [0.1, 0.15) is 31.8 Å². The van der Waals surface area contributed by atoms with Crippen molar-refractivity contribution in [1.82, 2.24) is 20.8 Å². The third-order valence-electron chi connectivity index (χ3n) is 4.38. The second-order valence-electron chi connectivity index (χ2n) is 6.97. The van der Waals surface area contributed by atoms with Gasteiger partial charge < -0.3 is 0 Å². The topological polar surface area (TPSA) is 109 Å². The number of hydrogen-bond acceptors (Lipinski definition) is 6. The van der Waals surface area contributed by atoms with Gasteiger partial charge in [0, 0.05) is 43.1 Å². The third kappa shape index (κ3) is 9.62. The average Bonchev–Trinajstić information content (AvgIpc) is 2.92. The van der Waals surface area contributed by atoms with E-state index in [4.69, 9.17) is 0 Å². The lowest BCUT2D eigenvalue weighted by atomic mass is 10.2. The van der Waals surface area contributed by atoms with Gasteiger partial charge in [-0.3, -0.25) is 19.6 Å². The highest BCUT2D eigenvalue weighted by atomic mass is 127. The van der Waals surface area contributed by atoms with Crippen molar-refractivity contribution in [3.05, 3.63) is 127 Å². The van der Waals surface area contributed by atoms with Gasteiger partial charge in [-0.05, 0) is 105 Å². The minimum absolute atomic E-state index is 0.251. The van der Waals surface area contributed by atoms with E-state index in [9.17, 15) is 9.59 Å². The number of hydrogen-bond donors (Lipinski definition) is 2. The highest BCUT2D eigenvalue weighted by molar-refractivity contribution is 14.1. The molecule has 0 aliphatic carbocycles. The molecule has 0 fully saturated rings. The molecule has 2 aromatic heterocycles. The van der Waals surface area contributed by atoms with Crippen LogP contribution < -0.4 is 10.9 Å². The number of halogens is 2. The molecule has 10 heteroatoms. The summed E-state index contributed by atoms with van der Waals surface area (Å²) in [5, 5.41) is 7.80. The van der Waals surface area contributed by atoms with Crippen molar-refractivity contribution in [3.8, 4) is 0 Å². The zero-order chi connectivity index (χ0) is 25.6. The predicted octanol–water partition coefficient (Wildman–Crippen LogP) is 4.90. The molecule has 0 aliphatic heterocycles. The first-order valence-electron chi connectivity index (χ1n) is 10.5. The van der Waals surface area contributed by atoms with E-state index in [1.807, 2.05) is 48.5 Å². The van der Waals surface area contributed by atoms with Gasteiger partial charge in [-0.15, -0.1) is 0 Å². The van der Waals surface area contributed by atoms with Gasteiger partial charge in [0.25, 0.3) is 11.8 Å². The van der Waals surface area contributed by atoms with Crippen molar-refractivity contribution >= 4 is 69.4 Å². The smallest absolute Gasteiger partial charge is 0.267 e. The molecule has 2 aromatic carbocycles. The van der Waals surface area contributed by atoms with Gasteiger partial charge in [0.05, 0.1) is 12.4 Å². The zero-order valence-electron chi connectivity index (χ0n) is 18.8. The van der Waals surface area contributed by atoms with Gasteiger partial charge in [-0.25, -0.2) is 10.9 Å². The van der Waals surface area contributed by atoms with Crippen LogP contribution in [-0.2, 0) is 0 Å². The molecule has 0 radical (unpaired) electrons. The summed E-state index contributed by atoms with van der Waals surface area (Å²) in [5.74, 6) is -0.502. The summed E-state index contributed by atoms with van der Waals surface area (Å²) in [6.07, 6.45) is 9.48. The van der Waals surface area contributed by atoms with Crippen molar-refractivity contribution in [2.24, 2.45) is 10.2 Å². The molecule has 0 bridgehead atoms. The minimum Gasteiger partial charge on any atom is -0.267 e. The molecule has 8 nitrogen and oxygen atoms in total. The Morgan fingerprint density at radius 2 is 0.917 bits per heavy atom. The number of rotatable bonds is 6. The molecule has 180 valence electrons. The number of carbonyl (C=O) groups excluding carboxylic acids is 2. The Labute approximate surface area is 235 Å². The Bertz CT molecular complexity index is 1210. The third-order valence-corrected chi connectivity index (χ3v) is 5.82. The summed E-state index contributed by atoms with van der Waals surface area (Å²) in [6, 6.07) is 22.2. The quantitative estimate of drug-likeness (QED) is 0.169. The summed E-state index contributed by atoms with van der Waals surface area (Å²) < 4.78 is 2.32. The van der Waals surface area contributed by atoms with E-state index < -0.39 is 0 Å². The van der Waals surface area contributed by atoms with E-state index in [1.165, 1.54) is 0 Å². The Hall–Kier alpha value is -3.52. The first-order chi connectivity index (χ1) is 17.5. The van der Waals surface area contributed by atoms with Gasteiger partial charge in [0.1, 0.15) is 0 Å². The molecule has 0 spiro atoms. The van der Waals surface area contributed by atoms with E-state index in [0.29, 0.717) is 11.1 Å². The zero-order valence-corrected chi connectivity index (χ0v) is 23.1. The molecule has 4 aromatic rings. The van der Waals surface area contributed by atoms with Gasteiger partial charge in [-0.1, -0.05) is 24.3 Å². The molecular formula is C26H20I2N6O2. The highest BCUT2D eigenvalue weighted by Gasteiger charge is 2.02. The van der Waals surface area contributed by atoms with E-state index in [1.54, 1.807) is 61.5 Å². The Morgan fingerprint density at radius 3 is 1.25 bits per heavy atom. The fraction of sp³-hybridized carbons (Fsp3) is 0. The van der Waals surface area contributed by atoms with Crippen molar-refractivity contribution in [3.63, 3.8) is 0 Å². The van der Waals surface area contributed by atoms with Gasteiger partial charge in [0.2, 0.25) is 0 Å². The lowest BCUT2D eigenvalue weighted by molar-refractivity contribution is 0.0947.